The van der Waals surface area contributed by atoms with Crippen LogP contribution in [-0.4, -0.2) is 8.42 Å². The quantitative estimate of drug-likeness (QED) is 0.620. The van der Waals surface area contributed by atoms with Gasteiger partial charge in [-0.2, -0.15) is 8.42 Å². The Labute approximate surface area is 85.3 Å². The van der Waals surface area contributed by atoms with E-state index in [-0.39, 0.29) is 4.90 Å². The predicted octanol–water partition coefficient (Wildman–Crippen LogP) is 2.30. The van der Waals surface area contributed by atoms with Crippen LogP contribution < -0.4 is 0 Å². The van der Waals surface area contributed by atoms with Gasteiger partial charge in [0.2, 0.25) is 0 Å². The summed E-state index contributed by atoms with van der Waals surface area (Å²) in [6.07, 6.45) is 0.886. The molecule has 5 heteroatoms. The van der Waals surface area contributed by atoms with Crippen molar-refractivity contribution < 1.29 is 12.6 Å². The summed E-state index contributed by atoms with van der Waals surface area (Å²) >= 11 is 3.20. The molecule has 3 nitrogen and oxygen atoms in total. The van der Waals surface area contributed by atoms with Gasteiger partial charge in [0, 0.05) is 4.47 Å². The predicted molar refractivity (Wildman–Crippen MR) is 52.6 cm³/mol. The van der Waals surface area contributed by atoms with Crippen molar-refractivity contribution in [1.82, 2.24) is 0 Å². The molecule has 0 aliphatic rings. The van der Waals surface area contributed by atoms with Crippen LogP contribution in [0.25, 0.3) is 0 Å². The van der Waals surface area contributed by atoms with Crippen molar-refractivity contribution in [2.24, 2.45) is 0 Å². The van der Waals surface area contributed by atoms with Gasteiger partial charge < -0.3 is 4.18 Å². The van der Waals surface area contributed by atoms with Crippen LogP contribution in [0.3, 0.4) is 0 Å². The van der Waals surface area contributed by atoms with E-state index in [1.54, 1.807) is 12.1 Å². The SMILES string of the molecule is C=COS(=O)(=O)c1ccc(Br)cc1. The molecule has 0 saturated carbocycles. The topological polar surface area (TPSA) is 43.4 Å². The van der Waals surface area contributed by atoms with Crippen LogP contribution in [0.4, 0.5) is 0 Å². The Bertz CT molecular complexity index is 394. The van der Waals surface area contributed by atoms with Gasteiger partial charge in [0.05, 0.1) is 6.26 Å². The van der Waals surface area contributed by atoms with E-state index in [2.05, 4.69) is 26.7 Å². The summed E-state index contributed by atoms with van der Waals surface area (Å²) in [6, 6.07) is 6.14. The first kappa shape index (κ1) is 10.3. The van der Waals surface area contributed by atoms with E-state index in [0.29, 0.717) is 0 Å². The Kier molecular flexibility index (Phi) is 3.11. The molecular weight excluding hydrogens is 256 g/mol. The third-order valence-electron chi connectivity index (χ3n) is 1.30. The molecule has 1 aromatic carbocycles. The molecule has 0 saturated heterocycles. The van der Waals surface area contributed by atoms with Gasteiger partial charge in [-0.3, -0.25) is 0 Å². The Balaban J connectivity index is 3.08. The van der Waals surface area contributed by atoms with Crippen molar-refractivity contribution >= 4 is 26.0 Å². The van der Waals surface area contributed by atoms with Crippen molar-refractivity contribution in [3.05, 3.63) is 41.6 Å². The molecule has 0 amide bonds. The molecular formula is C8H7BrO3S. The number of hydrogen-bond donors (Lipinski definition) is 0. The molecule has 0 N–H and O–H groups in total. The average molecular weight is 263 g/mol. The molecule has 0 radical (unpaired) electrons. The third kappa shape index (κ3) is 2.57. The number of halogens is 1. The van der Waals surface area contributed by atoms with Crippen molar-refractivity contribution in [3.63, 3.8) is 0 Å². The first-order valence-corrected chi connectivity index (χ1v) is 5.56. The van der Waals surface area contributed by atoms with Crippen LogP contribution in [0.15, 0.2) is 46.5 Å². The van der Waals surface area contributed by atoms with Crippen LogP contribution in [0, 0.1) is 0 Å². The first-order chi connectivity index (χ1) is 6.06. The summed E-state index contributed by atoms with van der Waals surface area (Å²) in [5.41, 5.74) is 0. The van der Waals surface area contributed by atoms with Crippen LogP contribution in [-0.2, 0) is 14.3 Å². The Hall–Kier alpha value is -0.810. The van der Waals surface area contributed by atoms with Crippen molar-refractivity contribution in [1.29, 1.82) is 0 Å². The highest BCUT2D eigenvalue weighted by Crippen LogP contribution is 2.16. The second-order valence-corrected chi connectivity index (χ2v) is 4.66. The molecule has 70 valence electrons. The Morgan fingerprint density at radius 3 is 2.31 bits per heavy atom. The molecule has 1 aromatic rings. The summed E-state index contributed by atoms with van der Waals surface area (Å²) in [4.78, 5) is 0.107. The summed E-state index contributed by atoms with van der Waals surface area (Å²) in [5.74, 6) is 0. The van der Waals surface area contributed by atoms with Gasteiger partial charge in [-0.25, -0.2) is 0 Å². The van der Waals surface area contributed by atoms with E-state index in [1.165, 1.54) is 12.1 Å². The standard InChI is InChI=1S/C8H7BrO3S/c1-2-12-13(10,11)8-5-3-7(9)4-6-8/h2-6H,1H2. The molecule has 0 aromatic heterocycles. The maximum Gasteiger partial charge on any atom is 0.338 e. The second kappa shape index (κ2) is 3.93. The van der Waals surface area contributed by atoms with E-state index in [4.69, 9.17) is 0 Å². The largest absolute Gasteiger partial charge is 0.388 e. The van der Waals surface area contributed by atoms with Crippen LogP contribution in [0.5, 0.6) is 0 Å². The van der Waals surface area contributed by atoms with E-state index in [1.807, 2.05) is 0 Å². The fourth-order valence-corrected chi connectivity index (χ4v) is 1.77. The lowest BCUT2D eigenvalue weighted by molar-refractivity contribution is 0.444. The summed E-state index contributed by atoms with van der Waals surface area (Å²) in [7, 11) is -3.67. The van der Waals surface area contributed by atoms with Crippen molar-refractivity contribution in [2.75, 3.05) is 0 Å². The molecule has 0 unspecified atom stereocenters. The van der Waals surface area contributed by atoms with Crippen molar-refractivity contribution in [3.8, 4) is 0 Å². The van der Waals surface area contributed by atoms with Gasteiger partial charge in [0.15, 0.2) is 0 Å². The fourth-order valence-electron chi connectivity index (χ4n) is 0.746. The molecule has 0 aliphatic heterocycles. The minimum atomic E-state index is -3.67. The van der Waals surface area contributed by atoms with E-state index in [0.717, 1.165) is 10.7 Å². The number of hydrogen-bond acceptors (Lipinski definition) is 3. The fraction of sp³-hybridized carbons (Fsp3) is 0. The van der Waals surface area contributed by atoms with Crippen LogP contribution >= 0.6 is 15.9 Å². The minimum absolute atomic E-state index is 0.107. The van der Waals surface area contributed by atoms with E-state index < -0.39 is 10.1 Å². The maximum atomic E-state index is 11.2. The van der Waals surface area contributed by atoms with Gasteiger partial charge in [-0.15, -0.1) is 0 Å². The molecule has 0 fully saturated rings. The molecule has 0 spiro atoms. The highest BCUT2D eigenvalue weighted by Gasteiger charge is 2.12. The monoisotopic (exact) mass is 262 g/mol. The maximum absolute atomic E-state index is 11.2. The van der Waals surface area contributed by atoms with Gasteiger partial charge in [0.1, 0.15) is 4.90 Å². The third-order valence-corrected chi connectivity index (χ3v) is 3.06. The first-order valence-electron chi connectivity index (χ1n) is 3.36. The average Bonchev–Trinajstić information content (AvgIpc) is 2.05. The minimum Gasteiger partial charge on any atom is -0.388 e. The molecule has 0 bridgehead atoms. The zero-order valence-electron chi connectivity index (χ0n) is 6.60. The molecule has 0 aliphatic carbocycles. The van der Waals surface area contributed by atoms with Gasteiger partial charge in [0.25, 0.3) is 0 Å². The zero-order valence-corrected chi connectivity index (χ0v) is 9.01. The zero-order chi connectivity index (χ0) is 9.90. The lowest BCUT2D eigenvalue weighted by Gasteiger charge is -2.01. The van der Waals surface area contributed by atoms with E-state index in [9.17, 15) is 8.42 Å². The lowest BCUT2D eigenvalue weighted by Crippen LogP contribution is -2.01. The summed E-state index contributed by atoms with van der Waals surface area (Å²) < 4.78 is 27.7. The Morgan fingerprint density at radius 1 is 1.31 bits per heavy atom. The van der Waals surface area contributed by atoms with Gasteiger partial charge in [-0.05, 0) is 24.3 Å². The smallest absolute Gasteiger partial charge is 0.338 e. The highest BCUT2D eigenvalue weighted by atomic mass is 79.9. The van der Waals surface area contributed by atoms with Gasteiger partial charge >= 0.3 is 10.1 Å². The van der Waals surface area contributed by atoms with Crippen LogP contribution in [0.1, 0.15) is 0 Å². The molecule has 13 heavy (non-hydrogen) atoms. The van der Waals surface area contributed by atoms with E-state index >= 15 is 0 Å². The van der Waals surface area contributed by atoms with Crippen molar-refractivity contribution in [2.45, 2.75) is 4.90 Å². The molecule has 0 atom stereocenters. The summed E-state index contributed by atoms with van der Waals surface area (Å²) in [5, 5.41) is 0. The number of rotatable bonds is 3. The lowest BCUT2D eigenvalue weighted by atomic mass is 10.4. The summed E-state index contributed by atoms with van der Waals surface area (Å²) in [6.45, 7) is 3.18. The second-order valence-electron chi connectivity index (χ2n) is 2.17. The molecule has 1 rings (SSSR count). The normalized spacial score (nSPS) is 10.8. The number of benzene rings is 1. The van der Waals surface area contributed by atoms with Crippen LogP contribution in [0.2, 0.25) is 0 Å². The van der Waals surface area contributed by atoms with Gasteiger partial charge in [-0.1, -0.05) is 22.5 Å². The molecule has 0 heterocycles. The Morgan fingerprint density at radius 2 is 1.85 bits per heavy atom. The highest BCUT2D eigenvalue weighted by molar-refractivity contribution is 9.10.